The number of fused-ring (bicyclic) bond motifs is 1. The number of amides is 2. The van der Waals surface area contributed by atoms with Gasteiger partial charge in [-0.2, -0.15) is 0 Å². The van der Waals surface area contributed by atoms with E-state index in [1.54, 1.807) is 0 Å². The van der Waals surface area contributed by atoms with Gasteiger partial charge in [0.1, 0.15) is 5.82 Å². The van der Waals surface area contributed by atoms with Crippen LogP contribution in [0, 0.1) is 5.82 Å². The van der Waals surface area contributed by atoms with Crippen molar-refractivity contribution in [3.63, 3.8) is 0 Å². The molecule has 0 aromatic heterocycles. The number of hydrogen-bond donors (Lipinski definition) is 3. The van der Waals surface area contributed by atoms with Crippen molar-refractivity contribution in [2.24, 2.45) is 0 Å². The fourth-order valence-corrected chi connectivity index (χ4v) is 2.79. The molecule has 2 amide bonds. The molecule has 2 heterocycles. The fraction of sp³-hybridized carbons (Fsp3) is 0.467. The number of rotatable bonds is 2. The Morgan fingerprint density at radius 2 is 2.09 bits per heavy atom. The molecule has 3 N–H and O–H groups in total. The van der Waals surface area contributed by atoms with Crippen LogP contribution in [0.25, 0.3) is 0 Å². The number of carbonyl (C=O) groups excluding carboxylic acids is 2. The molecule has 1 unspecified atom stereocenters. The van der Waals surface area contributed by atoms with Gasteiger partial charge in [-0.05, 0) is 43.5 Å². The van der Waals surface area contributed by atoms with Crippen molar-refractivity contribution in [2.45, 2.75) is 38.1 Å². The highest BCUT2D eigenvalue weighted by molar-refractivity contribution is 5.98. The maximum Gasteiger partial charge on any atom is 0.241 e. The summed E-state index contributed by atoms with van der Waals surface area (Å²) < 4.78 is 14.1. The Balaban J connectivity index is 0.00000176. The van der Waals surface area contributed by atoms with Crippen molar-refractivity contribution >= 4 is 35.6 Å². The van der Waals surface area contributed by atoms with Crippen LogP contribution in [-0.4, -0.2) is 24.4 Å². The highest BCUT2D eigenvalue weighted by Gasteiger charge is 2.23. The van der Waals surface area contributed by atoms with Crippen molar-refractivity contribution < 1.29 is 14.0 Å². The van der Waals surface area contributed by atoms with Crippen LogP contribution in [0.1, 0.15) is 31.2 Å². The SMILES string of the molecule is Cl.O=C1CCc2cc(F)c(NC(=O)C3CCCCN3)cc2N1. The summed E-state index contributed by atoms with van der Waals surface area (Å²) >= 11 is 0. The van der Waals surface area contributed by atoms with E-state index >= 15 is 0 Å². The summed E-state index contributed by atoms with van der Waals surface area (Å²) in [6, 6.07) is 2.62. The van der Waals surface area contributed by atoms with Crippen LogP contribution in [0.15, 0.2) is 12.1 Å². The lowest BCUT2D eigenvalue weighted by atomic mass is 10.0. The third-order valence-electron chi connectivity index (χ3n) is 3.97. The van der Waals surface area contributed by atoms with Gasteiger partial charge < -0.3 is 16.0 Å². The van der Waals surface area contributed by atoms with Crippen molar-refractivity contribution in [3.8, 4) is 0 Å². The second kappa shape index (κ2) is 7.07. The van der Waals surface area contributed by atoms with E-state index in [4.69, 9.17) is 0 Å². The number of aryl methyl sites for hydroxylation is 1. The summed E-state index contributed by atoms with van der Waals surface area (Å²) in [6.45, 7) is 0.806. The van der Waals surface area contributed by atoms with Gasteiger partial charge in [0.25, 0.3) is 0 Å². The summed E-state index contributed by atoms with van der Waals surface area (Å²) in [5, 5.41) is 8.45. The standard InChI is InChI=1S/C15H18FN3O2.ClH/c16-10-7-9-4-5-14(20)18-12(9)8-13(10)19-15(21)11-3-1-2-6-17-11;/h7-8,11,17H,1-6H2,(H,18,20)(H,19,21);1H. The molecule has 1 fully saturated rings. The summed E-state index contributed by atoms with van der Waals surface area (Å²) in [6.07, 6.45) is 3.70. The maximum absolute atomic E-state index is 14.1. The van der Waals surface area contributed by atoms with Crippen LogP contribution in [-0.2, 0) is 16.0 Å². The van der Waals surface area contributed by atoms with Crippen molar-refractivity contribution in [1.29, 1.82) is 0 Å². The first kappa shape index (κ1) is 16.7. The van der Waals surface area contributed by atoms with Crippen LogP contribution in [0.4, 0.5) is 15.8 Å². The minimum atomic E-state index is -0.464. The van der Waals surface area contributed by atoms with Gasteiger partial charge in [-0.3, -0.25) is 9.59 Å². The van der Waals surface area contributed by atoms with Crippen LogP contribution in [0.5, 0.6) is 0 Å². The molecule has 5 nitrogen and oxygen atoms in total. The Hall–Kier alpha value is -1.66. The molecule has 0 radical (unpaired) electrons. The Bertz CT molecular complexity index is 588. The second-order valence-corrected chi connectivity index (χ2v) is 5.53. The lowest BCUT2D eigenvalue weighted by Gasteiger charge is -2.23. The highest BCUT2D eigenvalue weighted by Crippen LogP contribution is 2.28. The molecular weight excluding hydrogens is 309 g/mol. The van der Waals surface area contributed by atoms with Gasteiger partial charge >= 0.3 is 0 Å². The number of nitrogens with one attached hydrogen (secondary N) is 3. The quantitative estimate of drug-likeness (QED) is 0.780. The van der Waals surface area contributed by atoms with E-state index in [9.17, 15) is 14.0 Å². The van der Waals surface area contributed by atoms with Crippen molar-refractivity contribution in [1.82, 2.24) is 5.32 Å². The third-order valence-corrected chi connectivity index (χ3v) is 3.97. The molecule has 2 aliphatic rings. The molecule has 2 aliphatic heterocycles. The molecule has 0 spiro atoms. The topological polar surface area (TPSA) is 70.2 Å². The summed E-state index contributed by atoms with van der Waals surface area (Å²) in [4.78, 5) is 23.5. The van der Waals surface area contributed by atoms with Crippen LogP contribution < -0.4 is 16.0 Å². The zero-order valence-corrected chi connectivity index (χ0v) is 12.9. The molecule has 0 bridgehead atoms. The molecule has 1 saturated heterocycles. The third kappa shape index (κ3) is 3.56. The number of hydrogen-bond acceptors (Lipinski definition) is 3. The van der Waals surface area contributed by atoms with E-state index in [0.717, 1.165) is 31.4 Å². The molecular formula is C15H19ClFN3O2. The number of benzene rings is 1. The van der Waals surface area contributed by atoms with Gasteiger partial charge in [-0.15, -0.1) is 12.4 Å². The summed E-state index contributed by atoms with van der Waals surface area (Å²) in [5.74, 6) is -0.773. The molecule has 0 aliphatic carbocycles. The zero-order valence-electron chi connectivity index (χ0n) is 12.1. The van der Waals surface area contributed by atoms with E-state index in [1.807, 2.05) is 0 Å². The van der Waals surface area contributed by atoms with Gasteiger partial charge in [0.2, 0.25) is 11.8 Å². The highest BCUT2D eigenvalue weighted by atomic mass is 35.5. The average Bonchev–Trinajstić information content (AvgIpc) is 2.49. The van der Waals surface area contributed by atoms with Gasteiger partial charge in [0.15, 0.2) is 0 Å². The molecule has 120 valence electrons. The van der Waals surface area contributed by atoms with Gasteiger partial charge in [-0.25, -0.2) is 4.39 Å². The number of piperidine rings is 1. The van der Waals surface area contributed by atoms with E-state index in [-0.39, 0.29) is 36.0 Å². The monoisotopic (exact) mass is 327 g/mol. The zero-order chi connectivity index (χ0) is 14.8. The molecule has 3 rings (SSSR count). The first-order valence-corrected chi connectivity index (χ1v) is 7.30. The lowest BCUT2D eigenvalue weighted by Crippen LogP contribution is -2.43. The fourth-order valence-electron chi connectivity index (χ4n) is 2.79. The lowest BCUT2D eigenvalue weighted by molar-refractivity contribution is -0.118. The Morgan fingerprint density at radius 3 is 2.82 bits per heavy atom. The van der Waals surface area contributed by atoms with Gasteiger partial charge in [0, 0.05) is 12.1 Å². The van der Waals surface area contributed by atoms with Crippen molar-refractivity contribution in [3.05, 3.63) is 23.5 Å². The number of halogens is 2. The Morgan fingerprint density at radius 1 is 1.27 bits per heavy atom. The largest absolute Gasteiger partial charge is 0.326 e. The Kier molecular flexibility index (Phi) is 5.37. The van der Waals surface area contributed by atoms with E-state index in [2.05, 4.69) is 16.0 Å². The van der Waals surface area contributed by atoms with Crippen LogP contribution >= 0.6 is 12.4 Å². The maximum atomic E-state index is 14.1. The predicted molar refractivity (Wildman–Crippen MR) is 84.9 cm³/mol. The summed E-state index contributed by atoms with van der Waals surface area (Å²) in [7, 11) is 0. The molecule has 1 aromatic rings. The molecule has 22 heavy (non-hydrogen) atoms. The van der Waals surface area contributed by atoms with Crippen LogP contribution in [0.3, 0.4) is 0 Å². The first-order chi connectivity index (χ1) is 10.1. The van der Waals surface area contributed by atoms with E-state index in [0.29, 0.717) is 18.5 Å². The van der Waals surface area contributed by atoms with E-state index in [1.165, 1.54) is 12.1 Å². The second-order valence-electron chi connectivity index (χ2n) is 5.53. The molecule has 1 atom stereocenters. The molecule has 1 aromatic carbocycles. The van der Waals surface area contributed by atoms with Gasteiger partial charge in [-0.1, -0.05) is 6.42 Å². The average molecular weight is 328 g/mol. The first-order valence-electron chi connectivity index (χ1n) is 7.30. The number of anilines is 2. The minimum Gasteiger partial charge on any atom is -0.326 e. The smallest absolute Gasteiger partial charge is 0.241 e. The normalized spacial score (nSPS) is 20.4. The molecule has 0 saturated carbocycles. The Labute approximate surface area is 134 Å². The van der Waals surface area contributed by atoms with Crippen molar-refractivity contribution in [2.75, 3.05) is 17.2 Å². The van der Waals surface area contributed by atoms with E-state index < -0.39 is 5.82 Å². The van der Waals surface area contributed by atoms with Gasteiger partial charge in [0.05, 0.1) is 11.7 Å². The predicted octanol–water partition coefficient (Wildman–Crippen LogP) is 2.21. The number of carbonyl (C=O) groups is 2. The van der Waals surface area contributed by atoms with Crippen LogP contribution in [0.2, 0.25) is 0 Å². The minimum absolute atomic E-state index is 0. The summed E-state index contributed by atoms with van der Waals surface area (Å²) in [5.41, 5.74) is 1.47. The molecule has 7 heteroatoms.